The highest BCUT2D eigenvalue weighted by Gasteiger charge is 2.24. The van der Waals surface area contributed by atoms with Gasteiger partial charge in [0.15, 0.2) is 0 Å². The van der Waals surface area contributed by atoms with Gasteiger partial charge in [0.2, 0.25) is 5.91 Å². The van der Waals surface area contributed by atoms with Crippen molar-refractivity contribution in [2.24, 2.45) is 5.92 Å². The van der Waals surface area contributed by atoms with E-state index in [0.717, 1.165) is 61.4 Å². The molecule has 2 saturated heterocycles. The molecule has 5 heterocycles. The van der Waals surface area contributed by atoms with Crippen LogP contribution in [0.4, 0.5) is 5.82 Å². The van der Waals surface area contributed by atoms with Crippen LogP contribution in [0.5, 0.6) is 5.75 Å². The maximum absolute atomic E-state index is 12.4. The van der Waals surface area contributed by atoms with Crippen LogP contribution in [0, 0.1) is 17.2 Å². The lowest BCUT2D eigenvalue weighted by atomic mass is 10.1. The summed E-state index contributed by atoms with van der Waals surface area (Å²) in [6, 6.07) is 8.19. The molecule has 2 aliphatic rings. The Hall–Kier alpha value is -3.90. The van der Waals surface area contributed by atoms with E-state index in [2.05, 4.69) is 22.6 Å². The number of fused-ring (bicyclic) bond motifs is 1. The number of aromatic nitrogens is 3. The normalized spacial score (nSPS) is 18.9. The molecule has 0 saturated carbocycles. The molecule has 0 N–H and O–H groups in total. The molecule has 192 valence electrons. The minimum Gasteiger partial charge on any atom is -0.489 e. The molecule has 0 aliphatic carbocycles. The van der Waals surface area contributed by atoms with E-state index < -0.39 is 0 Å². The minimum absolute atomic E-state index is 0.0943. The predicted molar refractivity (Wildman–Crippen MR) is 140 cm³/mol. The van der Waals surface area contributed by atoms with Crippen LogP contribution in [0.25, 0.3) is 16.6 Å². The molecule has 0 bridgehead atoms. The second-order valence-electron chi connectivity index (χ2n) is 9.59. The zero-order valence-corrected chi connectivity index (χ0v) is 21.2. The highest BCUT2D eigenvalue weighted by atomic mass is 16.5. The van der Waals surface area contributed by atoms with Gasteiger partial charge in [-0.3, -0.25) is 4.79 Å². The van der Waals surface area contributed by atoms with Gasteiger partial charge in [-0.15, -0.1) is 6.58 Å². The molecule has 3 aromatic rings. The SMILES string of the molecule is C=CC(C)C(=O)N1CCN(c2ccc(-c3cc(OCC4CCCCO4)cn4ncc(C#N)c34)cn2)CC1. The van der Waals surface area contributed by atoms with Crippen molar-refractivity contribution in [1.29, 1.82) is 5.26 Å². The summed E-state index contributed by atoms with van der Waals surface area (Å²) < 4.78 is 13.6. The molecule has 5 rings (SSSR count). The lowest BCUT2D eigenvalue weighted by Crippen LogP contribution is -2.50. The topological polar surface area (TPSA) is 96.0 Å². The van der Waals surface area contributed by atoms with Crippen LogP contribution in [-0.4, -0.2) is 70.9 Å². The number of ether oxygens (including phenoxy) is 2. The van der Waals surface area contributed by atoms with Crippen molar-refractivity contribution in [2.75, 3.05) is 44.3 Å². The van der Waals surface area contributed by atoms with Crippen LogP contribution in [0.2, 0.25) is 0 Å². The van der Waals surface area contributed by atoms with Crippen LogP contribution < -0.4 is 9.64 Å². The smallest absolute Gasteiger partial charge is 0.229 e. The molecule has 2 unspecified atom stereocenters. The van der Waals surface area contributed by atoms with E-state index in [4.69, 9.17) is 14.5 Å². The summed E-state index contributed by atoms with van der Waals surface area (Å²) in [4.78, 5) is 21.3. The van der Waals surface area contributed by atoms with Crippen molar-refractivity contribution in [3.8, 4) is 22.9 Å². The number of carbonyl (C=O) groups excluding carboxylic acids is 1. The number of rotatable bonds is 7. The number of hydrogen-bond donors (Lipinski definition) is 0. The molecule has 0 spiro atoms. The molecule has 2 aliphatic heterocycles. The van der Waals surface area contributed by atoms with Crippen LogP contribution in [0.15, 0.2) is 49.4 Å². The first kappa shape index (κ1) is 24.8. The maximum Gasteiger partial charge on any atom is 0.229 e. The van der Waals surface area contributed by atoms with Gasteiger partial charge in [0.1, 0.15) is 24.2 Å². The molecule has 0 aromatic carbocycles. The third kappa shape index (κ3) is 5.30. The largest absolute Gasteiger partial charge is 0.489 e. The summed E-state index contributed by atoms with van der Waals surface area (Å²) in [7, 11) is 0. The van der Waals surface area contributed by atoms with Crippen molar-refractivity contribution >= 4 is 17.2 Å². The van der Waals surface area contributed by atoms with Crippen molar-refractivity contribution in [2.45, 2.75) is 32.3 Å². The van der Waals surface area contributed by atoms with Gasteiger partial charge < -0.3 is 19.3 Å². The van der Waals surface area contributed by atoms with E-state index in [1.54, 1.807) is 23.0 Å². The third-order valence-corrected chi connectivity index (χ3v) is 7.13. The Balaban J connectivity index is 1.34. The summed E-state index contributed by atoms with van der Waals surface area (Å²) in [6.07, 6.45) is 10.2. The number of anilines is 1. The number of pyridine rings is 2. The predicted octanol–water partition coefficient (Wildman–Crippen LogP) is 3.69. The fourth-order valence-corrected chi connectivity index (χ4v) is 4.88. The molecule has 9 heteroatoms. The molecule has 3 aromatic heterocycles. The number of amides is 1. The number of carbonyl (C=O) groups is 1. The first-order valence-electron chi connectivity index (χ1n) is 12.9. The van der Waals surface area contributed by atoms with E-state index in [1.165, 1.54) is 0 Å². The average molecular weight is 501 g/mol. The van der Waals surface area contributed by atoms with Crippen molar-refractivity contribution in [1.82, 2.24) is 19.5 Å². The number of nitriles is 1. The molecule has 1 amide bonds. The first-order valence-corrected chi connectivity index (χ1v) is 12.9. The van der Waals surface area contributed by atoms with Gasteiger partial charge in [0.05, 0.1) is 35.5 Å². The molecular formula is C28H32N6O3. The Morgan fingerprint density at radius 3 is 2.81 bits per heavy atom. The van der Waals surface area contributed by atoms with Gasteiger partial charge in [0, 0.05) is 50.1 Å². The fourth-order valence-electron chi connectivity index (χ4n) is 4.88. The lowest BCUT2D eigenvalue weighted by Gasteiger charge is -2.36. The highest BCUT2D eigenvalue weighted by molar-refractivity contribution is 5.85. The van der Waals surface area contributed by atoms with Crippen LogP contribution in [0.3, 0.4) is 0 Å². The van der Waals surface area contributed by atoms with Gasteiger partial charge in [-0.2, -0.15) is 10.4 Å². The van der Waals surface area contributed by atoms with E-state index >= 15 is 0 Å². The molecule has 9 nitrogen and oxygen atoms in total. The van der Waals surface area contributed by atoms with Crippen LogP contribution >= 0.6 is 0 Å². The van der Waals surface area contributed by atoms with Gasteiger partial charge in [-0.05, 0) is 37.5 Å². The Kier molecular flexibility index (Phi) is 7.37. The monoisotopic (exact) mass is 500 g/mol. The molecular weight excluding hydrogens is 468 g/mol. The van der Waals surface area contributed by atoms with E-state index in [0.29, 0.717) is 31.0 Å². The number of nitrogens with zero attached hydrogens (tertiary/aromatic N) is 6. The van der Waals surface area contributed by atoms with E-state index in [-0.39, 0.29) is 17.9 Å². The van der Waals surface area contributed by atoms with Crippen LogP contribution in [0.1, 0.15) is 31.7 Å². The van der Waals surface area contributed by atoms with Gasteiger partial charge in [-0.1, -0.05) is 13.0 Å². The van der Waals surface area contributed by atoms with Gasteiger partial charge >= 0.3 is 0 Å². The standard InChI is InChI=1S/C28H32N6O3/c1-3-20(2)28(35)33-11-9-32(10-12-33)26-8-7-21(16-30-26)25-14-24(37-19-23-6-4-5-13-36-23)18-34-27(25)22(15-29)17-31-34/h3,7-8,14,16-18,20,23H,1,4-6,9-13,19H2,2H3. The summed E-state index contributed by atoms with van der Waals surface area (Å²) in [5.74, 6) is 1.48. The quantitative estimate of drug-likeness (QED) is 0.457. The summed E-state index contributed by atoms with van der Waals surface area (Å²) in [6.45, 7) is 9.63. The Labute approximate surface area is 216 Å². The third-order valence-electron chi connectivity index (χ3n) is 7.13. The fraction of sp³-hybridized carbons (Fsp3) is 0.429. The number of piperazine rings is 1. The van der Waals surface area contributed by atoms with Crippen molar-refractivity contribution in [3.63, 3.8) is 0 Å². The lowest BCUT2D eigenvalue weighted by molar-refractivity contribution is -0.133. The van der Waals surface area contributed by atoms with Crippen molar-refractivity contribution < 1.29 is 14.3 Å². The van der Waals surface area contributed by atoms with E-state index in [1.807, 2.05) is 36.2 Å². The zero-order valence-electron chi connectivity index (χ0n) is 21.2. The minimum atomic E-state index is -0.169. The maximum atomic E-state index is 12.4. The van der Waals surface area contributed by atoms with E-state index in [9.17, 15) is 10.1 Å². The zero-order chi connectivity index (χ0) is 25.8. The molecule has 0 radical (unpaired) electrons. The van der Waals surface area contributed by atoms with Crippen molar-refractivity contribution in [3.05, 3.63) is 55.0 Å². The Morgan fingerprint density at radius 2 is 2.14 bits per heavy atom. The molecule has 37 heavy (non-hydrogen) atoms. The Bertz CT molecular complexity index is 1300. The highest BCUT2D eigenvalue weighted by Crippen LogP contribution is 2.32. The first-order chi connectivity index (χ1) is 18.1. The summed E-state index contributed by atoms with van der Waals surface area (Å²) >= 11 is 0. The summed E-state index contributed by atoms with van der Waals surface area (Å²) in [5.41, 5.74) is 2.93. The second-order valence-corrected chi connectivity index (χ2v) is 9.59. The number of hydrogen-bond acceptors (Lipinski definition) is 7. The molecule has 2 atom stereocenters. The van der Waals surface area contributed by atoms with Gasteiger partial charge in [0.25, 0.3) is 0 Å². The van der Waals surface area contributed by atoms with Gasteiger partial charge in [-0.25, -0.2) is 9.50 Å². The average Bonchev–Trinajstić information content (AvgIpc) is 3.39. The summed E-state index contributed by atoms with van der Waals surface area (Å²) in [5, 5.41) is 14.0. The second kappa shape index (κ2) is 11.0. The molecule has 2 fully saturated rings. The Morgan fingerprint density at radius 1 is 1.30 bits per heavy atom. The van der Waals surface area contributed by atoms with Crippen LogP contribution in [-0.2, 0) is 9.53 Å².